The van der Waals surface area contributed by atoms with E-state index in [9.17, 15) is 4.79 Å². The Kier molecular flexibility index (Phi) is 4.49. The number of aryl methyl sites for hydroxylation is 1. The molecule has 2 rings (SSSR count). The Labute approximate surface area is 128 Å². The first-order valence-electron chi connectivity index (χ1n) is 6.80. The number of aromatic nitrogens is 1. The van der Waals surface area contributed by atoms with E-state index in [1.165, 1.54) is 11.3 Å². The molecule has 0 saturated carbocycles. The Bertz CT molecular complexity index is 630. The Hall–Kier alpha value is -1.66. The van der Waals surface area contributed by atoms with Gasteiger partial charge in [0.15, 0.2) is 10.8 Å². The number of amides is 1. The average Bonchev–Trinajstić information content (AvgIpc) is 3.05. The minimum Gasteiger partial charge on any atom is -0.459 e. The SMILES string of the molecule is Cc1ccc(-c2nc(C(=O)N(C)CC(C)(C)CN)cs2)o1. The van der Waals surface area contributed by atoms with Gasteiger partial charge in [0.05, 0.1) is 0 Å². The molecule has 1 amide bonds. The smallest absolute Gasteiger partial charge is 0.273 e. The van der Waals surface area contributed by atoms with Crippen LogP contribution in [0.2, 0.25) is 0 Å². The van der Waals surface area contributed by atoms with Crippen LogP contribution in [0.15, 0.2) is 21.9 Å². The van der Waals surface area contributed by atoms with E-state index in [1.54, 1.807) is 17.3 Å². The molecular formula is C15H21N3O2S. The Morgan fingerprint density at radius 2 is 2.19 bits per heavy atom. The zero-order valence-corrected chi connectivity index (χ0v) is 13.7. The molecule has 0 saturated heterocycles. The minimum atomic E-state index is -0.110. The van der Waals surface area contributed by atoms with Crippen LogP contribution >= 0.6 is 11.3 Å². The first-order valence-corrected chi connectivity index (χ1v) is 7.68. The summed E-state index contributed by atoms with van der Waals surface area (Å²) in [6, 6.07) is 3.75. The Morgan fingerprint density at radius 3 is 2.76 bits per heavy atom. The third-order valence-corrected chi connectivity index (χ3v) is 4.10. The van der Waals surface area contributed by atoms with Crippen molar-refractivity contribution >= 4 is 17.2 Å². The van der Waals surface area contributed by atoms with Gasteiger partial charge in [-0.1, -0.05) is 13.8 Å². The van der Waals surface area contributed by atoms with Gasteiger partial charge in [-0.2, -0.15) is 0 Å². The van der Waals surface area contributed by atoms with Gasteiger partial charge in [0.2, 0.25) is 0 Å². The molecule has 0 aromatic carbocycles. The highest BCUT2D eigenvalue weighted by Crippen LogP contribution is 2.26. The van der Waals surface area contributed by atoms with Gasteiger partial charge in [-0.3, -0.25) is 4.79 Å². The van der Waals surface area contributed by atoms with E-state index in [4.69, 9.17) is 10.2 Å². The number of hydrogen-bond acceptors (Lipinski definition) is 5. The fourth-order valence-electron chi connectivity index (χ4n) is 2.01. The molecule has 2 aromatic rings. The van der Waals surface area contributed by atoms with E-state index < -0.39 is 0 Å². The zero-order valence-electron chi connectivity index (χ0n) is 12.8. The first-order chi connectivity index (χ1) is 9.82. The van der Waals surface area contributed by atoms with Crippen molar-refractivity contribution in [3.05, 3.63) is 29.0 Å². The van der Waals surface area contributed by atoms with E-state index >= 15 is 0 Å². The number of hydrogen-bond donors (Lipinski definition) is 1. The second-order valence-electron chi connectivity index (χ2n) is 5.98. The summed E-state index contributed by atoms with van der Waals surface area (Å²) in [6.07, 6.45) is 0. The molecule has 0 atom stereocenters. The van der Waals surface area contributed by atoms with E-state index in [-0.39, 0.29) is 11.3 Å². The van der Waals surface area contributed by atoms with Crippen molar-refractivity contribution in [3.8, 4) is 10.8 Å². The summed E-state index contributed by atoms with van der Waals surface area (Å²) < 4.78 is 5.53. The summed E-state index contributed by atoms with van der Waals surface area (Å²) in [5.41, 5.74) is 6.05. The molecule has 114 valence electrons. The lowest BCUT2D eigenvalue weighted by Crippen LogP contribution is -2.39. The predicted octanol–water partition coefficient (Wildman–Crippen LogP) is 2.77. The fraction of sp³-hybridized carbons (Fsp3) is 0.467. The van der Waals surface area contributed by atoms with Gasteiger partial charge >= 0.3 is 0 Å². The Morgan fingerprint density at radius 1 is 1.48 bits per heavy atom. The molecule has 2 heterocycles. The summed E-state index contributed by atoms with van der Waals surface area (Å²) in [4.78, 5) is 18.4. The van der Waals surface area contributed by atoms with Crippen molar-refractivity contribution in [1.82, 2.24) is 9.88 Å². The fourth-order valence-corrected chi connectivity index (χ4v) is 2.76. The number of nitrogens with zero attached hydrogens (tertiary/aromatic N) is 2. The van der Waals surface area contributed by atoms with Gasteiger partial charge in [0.1, 0.15) is 11.5 Å². The van der Waals surface area contributed by atoms with Gasteiger partial charge in [-0.25, -0.2) is 4.98 Å². The summed E-state index contributed by atoms with van der Waals surface area (Å²) in [5.74, 6) is 1.43. The van der Waals surface area contributed by atoms with Crippen LogP contribution in [0.1, 0.15) is 30.1 Å². The average molecular weight is 307 g/mol. The third-order valence-electron chi connectivity index (χ3n) is 3.24. The van der Waals surface area contributed by atoms with Gasteiger partial charge < -0.3 is 15.1 Å². The molecule has 0 aliphatic carbocycles. The van der Waals surface area contributed by atoms with Crippen LogP contribution in [0.4, 0.5) is 0 Å². The van der Waals surface area contributed by atoms with E-state index in [0.29, 0.717) is 24.5 Å². The van der Waals surface area contributed by atoms with Crippen molar-refractivity contribution in [2.75, 3.05) is 20.1 Å². The molecule has 0 unspecified atom stereocenters. The lowest BCUT2D eigenvalue weighted by molar-refractivity contribution is 0.0735. The van der Waals surface area contributed by atoms with Crippen LogP contribution in [0, 0.1) is 12.3 Å². The lowest BCUT2D eigenvalue weighted by atomic mass is 9.93. The maximum atomic E-state index is 12.4. The number of furan rings is 1. The Balaban J connectivity index is 2.12. The minimum absolute atomic E-state index is 0.0951. The molecule has 0 bridgehead atoms. The zero-order chi connectivity index (χ0) is 15.6. The van der Waals surface area contributed by atoms with Gasteiger partial charge in [-0.05, 0) is 31.0 Å². The highest BCUT2D eigenvalue weighted by molar-refractivity contribution is 7.13. The van der Waals surface area contributed by atoms with Crippen LogP contribution in [0.25, 0.3) is 10.8 Å². The van der Waals surface area contributed by atoms with Crippen molar-refractivity contribution in [2.45, 2.75) is 20.8 Å². The highest BCUT2D eigenvalue weighted by atomic mass is 32.1. The first kappa shape index (κ1) is 15.7. The number of nitrogens with two attached hydrogens (primary N) is 1. The molecule has 6 heteroatoms. The standard InChI is InChI=1S/C15H21N3O2S/c1-10-5-6-12(20-10)13-17-11(7-21-13)14(19)18(4)9-15(2,3)8-16/h5-7H,8-9,16H2,1-4H3. The lowest BCUT2D eigenvalue weighted by Gasteiger charge is -2.28. The van der Waals surface area contributed by atoms with Crippen molar-refractivity contribution in [2.24, 2.45) is 11.1 Å². The van der Waals surface area contributed by atoms with Gasteiger partial charge in [0, 0.05) is 19.0 Å². The van der Waals surface area contributed by atoms with Crippen molar-refractivity contribution in [3.63, 3.8) is 0 Å². The molecule has 21 heavy (non-hydrogen) atoms. The number of carbonyl (C=O) groups is 1. The van der Waals surface area contributed by atoms with Crippen LogP contribution in [-0.4, -0.2) is 35.9 Å². The van der Waals surface area contributed by atoms with E-state index in [2.05, 4.69) is 4.98 Å². The molecule has 2 aromatic heterocycles. The highest BCUT2D eigenvalue weighted by Gasteiger charge is 2.23. The summed E-state index contributed by atoms with van der Waals surface area (Å²) in [5, 5.41) is 2.49. The van der Waals surface area contributed by atoms with E-state index in [0.717, 1.165) is 10.8 Å². The second-order valence-corrected chi connectivity index (χ2v) is 6.84. The molecule has 0 radical (unpaired) electrons. The number of carbonyl (C=O) groups excluding carboxylic acids is 1. The molecular weight excluding hydrogens is 286 g/mol. The molecule has 0 fully saturated rings. The molecule has 5 nitrogen and oxygen atoms in total. The predicted molar refractivity (Wildman–Crippen MR) is 84.3 cm³/mol. The largest absolute Gasteiger partial charge is 0.459 e. The van der Waals surface area contributed by atoms with Gasteiger partial charge in [0.25, 0.3) is 5.91 Å². The maximum Gasteiger partial charge on any atom is 0.273 e. The topological polar surface area (TPSA) is 72.4 Å². The van der Waals surface area contributed by atoms with E-state index in [1.807, 2.05) is 32.9 Å². The summed E-state index contributed by atoms with van der Waals surface area (Å²) in [6.45, 7) is 7.07. The van der Waals surface area contributed by atoms with Crippen LogP contribution in [-0.2, 0) is 0 Å². The molecule has 0 spiro atoms. The number of rotatable bonds is 5. The third kappa shape index (κ3) is 3.71. The molecule has 0 aliphatic rings. The van der Waals surface area contributed by atoms with Gasteiger partial charge in [-0.15, -0.1) is 11.3 Å². The molecule has 0 aliphatic heterocycles. The second kappa shape index (κ2) is 5.99. The monoisotopic (exact) mass is 307 g/mol. The summed E-state index contributed by atoms with van der Waals surface area (Å²) >= 11 is 1.41. The normalized spacial score (nSPS) is 11.7. The van der Waals surface area contributed by atoms with Crippen molar-refractivity contribution in [1.29, 1.82) is 0 Å². The van der Waals surface area contributed by atoms with Crippen LogP contribution in [0.5, 0.6) is 0 Å². The maximum absolute atomic E-state index is 12.4. The summed E-state index contributed by atoms with van der Waals surface area (Å²) in [7, 11) is 1.77. The van der Waals surface area contributed by atoms with Crippen molar-refractivity contribution < 1.29 is 9.21 Å². The quantitative estimate of drug-likeness (QED) is 0.922. The van der Waals surface area contributed by atoms with Crippen LogP contribution in [0.3, 0.4) is 0 Å². The molecule has 2 N–H and O–H groups in total. The van der Waals surface area contributed by atoms with Crippen LogP contribution < -0.4 is 5.73 Å². The number of thiazole rings is 1.